The lowest BCUT2D eigenvalue weighted by atomic mass is 10.1. The van der Waals surface area contributed by atoms with Crippen LogP contribution in [0.5, 0.6) is 0 Å². The van der Waals surface area contributed by atoms with Crippen LogP contribution in [0, 0.1) is 20.2 Å². The summed E-state index contributed by atoms with van der Waals surface area (Å²) in [6, 6.07) is 9.89. The second kappa shape index (κ2) is 13.9. The third-order valence-electron chi connectivity index (χ3n) is 7.90. The predicted octanol–water partition coefficient (Wildman–Crippen LogP) is 8.29. The molecule has 0 atom stereocenters. The van der Waals surface area contributed by atoms with Crippen molar-refractivity contribution < 1.29 is 23.8 Å². The Kier molecular flexibility index (Phi) is 12.4. The Morgan fingerprint density at radius 3 is 1.30 bits per heavy atom. The number of non-ortho nitro benzene ring substituents is 2. The first-order valence-corrected chi connectivity index (χ1v) is 19.4. The maximum absolute atomic E-state index is 11.0. The molecule has 2 aromatic rings. The largest absolute Gasteiger partial charge is 0.413 e. The third kappa shape index (κ3) is 10.5. The maximum atomic E-state index is 11.0. The van der Waals surface area contributed by atoms with E-state index in [4.69, 9.17) is 8.85 Å². The maximum Gasteiger partial charge on any atom is 0.270 e. The van der Waals surface area contributed by atoms with Gasteiger partial charge in [-0.2, -0.15) is 0 Å². The fourth-order valence-corrected chi connectivity index (χ4v) is 5.04. The van der Waals surface area contributed by atoms with Gasteiger partial charge in [-0.1, -0.05) is 60.6 Å². The molecule has 1 N–H and O–H groups in total. The van der Waals surface area contributed by atoms with Crippen LogP contribution in [0.25, 0.3) is 0 Å². The Bertz CT molecular complexity index is 1080. The summed E-state index contributed by atoms with van der Waals surface area (Å²) < 4.78 is 12.2. The van der Waals surface area contributed by atoms with Gasteiger partial charge in [0.25, 0.3) is 11.4 Å². The lowest BCUT2D eigenvalue weighted by molar-refractivity contribution is -0.385. The van der Waals surface area contributed by atoms with Gasteiger partial charge in [0, 0.05) is 24.3 Å². The predicted molar refractivity (Wildman–Crippen MR) is 165 cm³/mol. The number of hydrogen-bond donors (Lipinski definition) is 1. The van der Waals surface area contributed by atoms with Gasteiger partial charge in [0.15, 0.2) is 16.6 Å². The zero-order valence-electron chi connectivity index (χ0n) is 26.1. The molecule has 0 fully saturated rings. The van der Waals surface area contributed by atoms with Crippen LogP contribution < -0.4 is 0 Å². The highest BCUT2D eigenvalue weighted by Crippen LogP contribution is 2.38. The molecule has 0 radical (unpaired) electrons. The molecule has 0 amide bonds. The quantitative estimate of drug-likeness (QED) is 0.167. The molecule has 0 unspecified atom stereocenters. The molecule has 0 saturated heterocycles. The van der Waals surface area contributed by atoms with Crippen LogP contribution >= 0.6 is 0 Å². The van der Waals surface area contributed by atoms with Gasteiger partial charge in [0.05, 0.1) is 29.7 Å². The monoisotopic (exact) mass is 592 g/mol. The van der Waals surface area contributed by atoms with E-state index < -0.39 is 21.6 Å². The number of aryl methyl sites for hydroxylation is 1. The molecule has 0 aliphatic heterocycles. The highest BCUT2D eigenvalue weighted by Gasteiger charge is 2.38. The number of aliphatic hydroxyl groups is 1. The van der Waals surface area contributed by atoms with Crippen molar-refractivity contribution in [2.45, 2.75) is 111 Å². The number of hydrogen-bond acceptors (Lipinski definition) is 7. The van der Waals surface area contributed by atoms with Gasteiger partial charge in [0.2, 0.25) is 0 Å². The molecule has 0 aliphatic carbocycles. The first-order chi connectivity index (χ1) is 18.1. The summed E-state index contributed by atoms with van der Waals surface area (Å²) in [5, 5.41) is 31.2. The molecular weight excluding hydrogens is 544 g/mol. The molecule has 0 saturated carbocycles. The first-order valence-electron chi connectivity index (χ1n) is 13.6. The van der Waals surface area contributed by atoms with Crippen molar-refractivity contribution >= 4 is 28.0 Å². The van der Waals surface area contributed by atoms with Crippen LogP contribution in [0.1, 0.15) is 70.7 Å². The molecule has 0 aromatic heterocycles. The number of benzene rings is 2. The molecule has 0 aliphatic rings. The summed E-state index contributed by atoms with van der Waals surface area (Å²) in [6.45, 7) is 24.2. The second-order valence-electron chi connectivity index (χ2n) is 13.1. The minimum absolute atomic E-state index is 0.00891. The van der Waals surface area contributed by atoms with Crippen molar-refractivity contribution in [1.82, 2.24) is 0 Å². The summed E-state index contributed by atoms with van der Waals surface area (Å²) in [7, 11) is -3.72. The summed E-state index contributed by atoms with van der Waals surface area (Å²) in [5.74, 6) is 0. The van der Waals surface area contributed by atoms with Gasteiger partial charge in [-0.05, 0) is 64.9 Å². The Morgan fingerprint density at radius 1 is 0.675 bits per heavy atom. The van der Waals surface area contributed by atoms with Gasteiger partial charge >= 0.3 is 0 Å². The normalized spacial score (nSPS) is 12.5. The smallest absolute Gasteiger partial charge is 0.270 e. The van der Waals surface area contributed by atoms with Crippen LogP contribution in [0.4, 0.5) is 11.4 Å². The fraction of sp³-hybridized carbons (Fsp3) is 0.586. The number of nitrogens with zero attached hydrogens (tertiary/aromatic N) is 2. The molecule has 0 bridgehead atoms. The highest BCUT2D eigenvalue weighted by molar-refractivity contribution is 6.74. The number of aliphatic hydroxyl groups excluding tert-OH is 1. The fourth-order valence-electron chi connectivity index (χ4n) is 3.12. The Balaban J connectivity index is 0.000000400. The van der Waals surface area contributed by atoms with Gasteiger partial charge in [-0.15, -0.1) is 0 Å². The van der Waals surface area contributed by atoms with E-state index in [0.717, 1.165) is 23.1 Å². The van der Waals surface area contributed by atoms with Crippen LogP contribution in [-0.4, -0.2) is 31.6 Å². The van der Waals surface area contributed by atoms with Crippen LogP contribution in [0.15, 0.2) is 36.4 Å². The molecule has 2 aromatic carbocycles. The first kappa shape index (κ1) is 35.6. The number of nitro benzene ring substituents is 2. The number of rotatable bonds is 10. The second-order valence-corrected chi connectivity index (χ2v) is 22.8. The lowest BCUT2D eigenvalue weighted by Gasteiger charge is -2.36. The average Bonchev–Trinajstić information content (AvgIpc) is 2.84. The lowest BCUT2D eigenvalue weighted by Crippen LogP contribution is -2.40. The molecule has 0 heterocycles. The van der Waals surface area contributed by atoms with E-state index >= 15 is 0 Å². The van der Waals surface area contributed by atoms with Crippen molar-refractivity contribution in [3.05, 3.63) is 78.9 Å². The van der Waals surface area contributed by atoms with E-state index in [0.29, 0.717) is 18.8 Å². The van der Waals surface area contributed by atoms with Crippen molar-refractivity contribution in [2.75, 3.05) is 0 Å². The zero-order valence-corrected chi connectivity index (χ0v) is 28.1. The molecule has 11 heteroatoms. The van der Waals surface area contributed by atoms with Gasteiger partial charge < -0.3 is 14.0 Å². The SMILES string of the molecule is CC(C)(C)[Si](C)(C)OCc1cc(CO)cc([N+](=O)[O-])c1.CCc1cc(CO[Si](C)(C)C(C)(C)C)cc([N+](=O)[O-])c1. The molecule has 0 spiro atoms. The van der Waals surface area contributed by atoms with E-state index in [-0.39, 0.29) is 33.0 Å². The van der Waals surface area contributed by atoms with E-state index in [2.05, 4.69) is 67.7 Å². The molecular formula is C29H48N2O7Si2. The van der Waals surface area contributed by atoms with E-state index in [1.165, 1.54) is 12.1 Å². The van der Waals surface area contributed by atoms with Crippen LogP contribution in [-0.2, 0) is 35.1 Å². The minimum Gasteiger partial charge on any atom is -0.413 e. The molecule has 9 nitrogen and oxygen atoms in total. The minimum atomic E-state index is -1.89. The Labute approximate surface area is 241 Å². The van der Waals surface area contributed by atoms with Crippen molar-refractivity contribution in [2.24, 2.45) is 0 Å². The summed E-state index contributed by atoms with van der Waals surface area (Å²) in [4.78, 5) is 21.0. The summed E-state index contributed by atoms with van der Waals surface area (Å²) in [6.07, 6.45) is 0.786. The van der Waals surface area contributed by atoms with E-state index in [1.54, 1.807) is 18.2 Å². The number of nitro groups is 2. The topological polar surface area (TPSA) is 125 Å². The van der Waals surface area contributed by atoms with Crippen LogP contribution in [0.2, 0.25) is 36.3 Å². The summed E-state index contributed by atoms with van der Waals surface area (Å²) >= 11 is 0. The standard InChI is InChI=1S/C15H25NO3Si.C14H23NO4Si/c1-7-12-8-13(10-14(9-12)16(17)18)11-19-20(5,6)15(2,3)4;1-14(2,3)20(4,5)19-10-12-6-11(9-16)7-13(8-12)15(17)18/h8-10H,7,11H2,1-6H3;6-8,16H,9-10H2,1-5H3. The Hall–Kier alpha value is -2.45. The third-order valence-corrected chi connectivity index (χ3v) is 16.9. The van der Waals surface area contributed by atoms with Gasteiger partial charge in [0.1, 0.15) is 0 Å². The van der Waals surface area contributed by atoms with Crippen molar-refractivity contribution in [3.63, 3.8) is 0 Å². The summed E-state index contributed by atoms with van der Waals surface area (Å²) in [5.41, 5.74) is 3.28. The average molecular weight is 593 g/mol. The highest BCUT2D eigenvalue weighted by atomic mass is 28.4. The van der Waals surface area contributed by atoms with E-state index in [9.17, 15) is 25.3 Å². The zero-order chi connectivity index (χ0) is 31.1. The van der Waals surface area contributed by atoms with Gasteiger partial charge in [-0.3, -0.25) is 20.2 Å². The molecule has 40 heavy (non-hydrogen) atoms. The van der Waals surface area contributed by atoms with Crippen LogP contribution in [0.3, 0.4) is 0 Å². The van der Waals surface area contributed by atoms with Crippen molar-refractivity contribution in [3.8, 4) is 0 Å². The molecule has 2 rings (SSSR count). The van der Waals surface area contributed by atoms with Crippen molar-refractivity contribution in [1.29, 1.82) is 0 Å². The van der Waals surface area contributed by atoms with E-state index in [1.807, 2.05) is 13.0 Å². The van der Waals surface area contributed by atoms with Gasteiger partial charge in [-0.25, -0.2) is 0 Å². The Morgan fingerprint density at radius 2 is 1.00 bits per heavy atom. The molecule has 224 valence electrons.